The number of nitrogens with zero attached hydrogens (tertiary/aromatic N) is 1. The number of hydrogen-bond acceptors (Lipinski definition) is 2. The first kappa shape index (κ1) is 6.64. The third-order valence-electron chi connectivity index (χ3n) is 2.69. The summed E-state index contributed by atoms with van der Waals surface area (Å²) in [5, 5.41) is 8.55. The van der Waals surface area contributed by atoms with E-state index in [9.17, 15) is 9.59 Å². The Kier molecular flexibility index (Phi) is 1.19. The number of hydrogen-bond donors (Lipinski definition) is 1. The maximum Gasteiger partial charge on any atom is 0.407 e. The van der Waals surface area contributed by atoms with Crippen LogP contribution in [0.5, 0.6) is 0 Å². The lowest BCUT2D eigenvalue weighted by molar-refractivity contribution is -0.109. The van der Waals surface area contributed by atoms with E-state index in [1.807, 2.05) is 0 Å². The highest BCUT2D eigenvalue weighted by atomic mass is 16.4. The molecule has 1 amide bonds. The number of carbonyl (C=O) groups is 2. The molecule has 1 N–H and O–H groups in total. The first-order valence-electron chi connectivity index (χ1n) is 3.67. The summed E-state index contributed by atoms with van der Waals surface area (Å²) in [6.45, 7) is 1.12. The Bertz CT molecular complexity index is 204. The van der Waals surface area contributed by atoms with E-state index in [4.69, 9.17) is 5.11 Å². The average molecular weight is 155 g/mol. The molecule has 0 radical (unpaired) electrons. The highest BCUT2D eigenvalue weighted by Crippen LogP contribution is 2.50. The van der Waals surface area contributed by atoms with E-state index < -0.39 is 6.09 Å². The molecule has 2 rings (SSSR count). The summed E-state index contributed by atoms with van der Waals surface area (Å²) < 4.78 is 0. The van der Waals surface area contributed by atoms with Gasteiger partial charge in [0.05, 0.1) is 0 Å². The first-order chi connectivity index (χ1) is 5.24. The number of amides is 1. The summed E-state index contributed by atoms with van der Waals surface area (Å²) in [5.41, 5.74) is 0. The molecule has 0 aromatic heterocycles. The van der Waals surface area contributed by atoms with Crippen molar-refractivity contribution < 1.29 is 14.7 Å². The summed E-state index contributed by atoms with van der Waals surface area (Å²) >= 11 is 0. The molecule has 4 nitrogen and oxygen atoms in total. The number of carbonyl (C=O) groups excluding carboxylic acids is 1. The predicted molar refractivity (Wildman–Crippen MR) is 36.1 cm³/mol. The maximum absolute atomic E-state index is 10.4. The number of aldehydes is 1. The van der Waals surface area contributed by atoms with Gasteiger partial charge in [-0.1, -0.05) is 0 Å². The zero-order chi connectivity index (χ0) is 8.01. The largest absolute Gasteiger partial charge is 0.465 e. The molecule has 2 aliphatic rings. The van der Waals surface area contributed by atoms with Crippen molar-refractivity contribution >= 4 is 12.4 Å². The molecule has 0 aromatic carbocycles. The minimum atomic E-state index is -0.859. The van der Waals surface area contributed by atoms with Crippen LogP contribution in [0.4, 0.5) is 4.79 Å². The highest BCUT2D eigenvalue weighted by molar-refractivity contribution is 5.68. The number of likely N-dealkylation sites (tertiary alicyclic amines) is 1. The van der Waals surface area contributed by atoms with Crippen LogP contribution in [0, 0.1) is 17.8 Å². The number of fused-ring (bicyclic) bond motifs is 1. The van der Waals surface area contributed by atoms with E-state index in [2.05, 4.69) is 0 Å². The molecule has 1 heterocycles. The number of piperidine rings is 1. The van der Waals surface area contributed by atoms with Gasteiger partial charge < -0.3 is 14.8 Å². The van der Waals surface area contributed by atoms with Gasteiger partial charge in [-0.15, -0.1) is 0 Å². The number of carboxylic acid groups (broad SMARTS) is 1. The fraction of sp³-hybridized carbons (Fsp3) is 0.714. The van der Waals surface area contributed by atoms with E-state index in [-0.39, 0.29) is 5.92 Å². The second-order valence-electron chi connectivity index (χ2n) is 3.23. The molecular formula is C7H9NO3. The van der Waals surface area contributed by atoms with E-state index in [1.165, 1.54) is 4.90 Å². The lowest BCUT2D eigenvalue weighted by Crippen LogP contribution is -2.29. The molecule has 3 atom stereocenters. The van der Waals surface area contributed by atoms with Gasteiger partial charge in [-0.25, -0.2) is 4.79 Å². The molecule has 0 spiro atoms. The van der Waals surface area contributed by atoms with Gasteiger partial charge in [0.2, 0.25) is 0 Å². The molecule has 1 saturated heterocycles. The van der Waals surface area contributed by atoms with Crippen molar-refractivity contribution in [2.24, 2.45) is 17.8 Å². The van der Waals surface area contributed by atoms with Crippen molar-refractivity contribution in [3.63, 3.8) is 0 Å². The molecule has 2 fully saturated rings. The zero-order valence-corrected chi connectivity index (χ0v) is 5.93. The SMILES string of the molecule is O=CC1C2CN(C(=O)O)C[C@H]12. The lowest BCUT2D eigenvalue weighted by atomic mass is 10.3. The van der Waals surface area contributed by atoms with Crippen LogP contribution in [0.2, 0.25) is 0 Å². The fourth-order valence-corrected chi connectivity index (χ4v) is 1.93. The third-order valence-corrected chi connectivity index (χ3v) is 2.69. The molecule has 1 aliphatic carbocycles. The minimum absolute atomic E-state index is 0.158. The molecule has 60 valence electrons. The lowest BCUT2D eigenvalue weighted by Gasteiger charge is -2.13. The minimum Gasteiger partial charge on any atom is -0.465 e. The molecule has 1 saturated carbocycles. The van der Waals surface area contributed by atoms with Crippen LogP contribution in [0.25, 0.3) is 0 Å². The van der Waals surface area contributed by atoms with Crippen LogP contribution >= 0.6 is 0 Å². The molecule has 0 aromatic rings. The third kappa shape index (κ3) is 0.818. The van der Waals surface area contributed by atoms with Gasteiger partial charge in [0.25, 0.3) is 0 Å². The Hall–Kier alpha value is -1.06. The smallest absolute Gasteiger partial charge is 0.407 e. The fourth-order valence-electron chi connectivity index (χ4n) is 1.93. The summed E-state index contributed by atoms with van der Waals surface area (Å²) in [5.74, 6) is 0.831. The molecule has 4 heteroatoms. The van der Waals surface area contributed by atoms with Gasteiger partial charge in [-0.3, -0.25) is 0 Å². The zero-order valence-electron chi connectivity index (χ0n) is 5.93. The Labute approximate surface area is 63.8 Å². The van der Waals surface area contributed by atoms with Crippen molar-refractivity contribution in [1.82, 2.24) is 4.90 Å². The monoisotopic (exact) mass is 155 g/mol. The molecule has 0 bridgehead atoms. The van der Waals surface area contributed by atoms with Crippen molar-refractivity contribution in [2.45, 2.75) is 0 Å². The van der Waals surface area contributed by atoms with Crippen LogP contribution in [0.1, 0.15) is 0 Å². The van der Waals surface area contributed by atoms with Crippen LogP contribution in [0.3, 0.4) is 0 Å². The van der Waals surface area contributed by atoms with Gasteiger partial charge in [0.15, 0.2) is 0 Å². The Balaban J connectivity index is 1.94. The Morgan fingerprint density at radius 2 is 2.00 bits per heavy atom. The summed E-state index contributed by atoms with van der Waals surface area (Å²) in [6, 6.07) is 0. The highest BCUT2D eigenvalue weighted by Gasteiger charge is 2.56. The van der Waals surface area contributed by atoms with Gasteiger partial charge in [0.1, 0.15) is 6.29 Å². The number of rotatable bonds is 1. The van der Waals surface area contributed by atoms with Crippen molar-refractivity contribution in [1.29, 1.82) is 0 Å². The van der Waals surface area contributed by atoms with Crippen LogP contribution in [0.15, 0.2) is 0 Å². The van der Waals surface area contributed by atoms with E-state index in [0.29, 0.717) is 24.9 Å². The second-order valence-corrected chi connectivity index (χ2v) is 3.23. The summed E-state index contributed by atoms with van der Waals surface area (Å²) in [6.07, 6.45) is 0.0935. The standard InChI is InChI=1S/C7H9NO3/c9-3-6-4-1-8(7(10)11)2-5(4)6/h3-6H,1-2H2,(H,10,11)/t4-,5?,6?/m0/s1. The Morgan fingerprint density at radius 1 is 1.45 bits per heavy atom. The van der Waals surface area contributed by atoms with Crippen LogP contribution in [-0.4, -0.2) is 35.5 Å². The Morgan fingerprint density at radius 3 is 2.36 bits per heavy atom. The van der Waals surface area contributed by atoms with Gasteiger partial charge in [0, 0.05) is 19.0 Å². The van der Waals surface area contributed by atoms with Crippen molar-refractivity contribution in [3.05, 3.63) is 0 Å². The van der Waals surface area contributed by atoms with Crippen molar-refractivity contribution in [3.8, 4) is 0 Å². The first-order valence-corrected chi connectivity index (χ1v) is 3.67. The summed E-state index contributed by atoms with van der Waals surface area (Å²) in [4.78, 5) is 22.1. The topological polar surface area (TPSA) is 57.6 Å². The van der Waals surface area contributed by atoms with E-state index in [0.717, 1.165) is 6.29 Å². The quantitative estimate of drug-likeness (QED) is 0.544. The second kappa shape index (κ2) is 1.96. The molecular weight excluding hydrogens is 146 g/mol. The van der Waals surface area contributed by atoms with Gasteiger partial charge in [-0.05, 0) is 11.8 Å². The van der Waals surface area contributed by atoms with E-state index in [1.54, 1.807) is 0 Å². The summed E-state index contributed by atoms with van der Waals surface area (Å²) in [7, 11) is 0. The van der Waals surface area contributed by atoms with Gasteiger partial charge >= 0.3 is 6.09 Å². The van der Waals surface area contributed by atoms with Crippen LogP contribution < -0.4 is 0 Å². The average Bonchev–Trinajstić information content (AvgIpc) is 2.41. The van der Waals surface area contributed by atoms with Gasteiger partial charge in [-0.2, -0.15) is 0 Å². The molecule has 1 aliphatic heterocycles. The van der Waals surface area contributed by atoms with Crippen LogP contribution in [-0.2, 0) is 4.79 Å². The van der Waals surface area contributed by atoms with E-state index >= 15 is 0 Å². The normalized spacial score (nSPS) is 40.0. The molecule has 2 unspecified atom stereocenters. The van der Waals surface area contributed by atoms with Crippen molar-refractivity contribution in [2.75, 3.05) is 13.1 Å². The molecule has 11 heavy (non-hydrogen) atoms. The predicted octanol–water partition coefficient (Wildman–Crippen LogP) is 0.0411. The maximum atomic E-state index is 10.4.